The minimum Gasteiger partial charge on any atom is -0.487 e. The molecule has 1 aromatic carbocycles. The number of aliphatic hydroxyl groups is 1. The molecule has 1 atom stereocenters. The highest BCUT2D eigenvalue weighted by Gasteiger charge is 2.20. The van der Waals surface area contributed by atoms with Gasteiger partial charge in [0.05, 0.1) is 17.1 Å². The van der Waals surface area contributed by atoms with Crippen molar-refractivity contribution >= 4 is 23.1 Å². The Morgan fingerprint density at radius 2 is 2.24 bits per heavy atom. The molecule has 0 heterocycles. The summed E-state index contributed by atoms with van der Waals surface area (Å²) in [5.41, 5.74) is -0.205. The zero-order chi connectivity index (χ0) is 15.9. The maximum absolute atomic E-state index is 11.0. The lowest BCUT2D eigenvalue weighted by molar-refractivity contribution is -0.385. The number of rotatable bonds is 9. The van der Waals surface area contributed by atoms with E-state index in [-0.39, 0.29) is 11.4 Å². The van der Waals surface area contributed by atoms with Gasteiger partial charge >= 0.3 is 5.69 Å². The van der Waals surface area contributed by atoms with Crippen LogP contribution in [0, 0.1) is 10.1 Å². The Bertz CT molecular complexity index is 480. The van der Waals surface area contributed by atoms with Gasteiger partial charge in [0.15, 0.2) is 5.75 Å². The van der Waals surface area contributed by atoms with Crippen molar-refractivity contribution in [3.8, 4) is 5.75 Å². The van der Waals surface area contributed by atoms with Crippen LogP contribution < -0.4 is 10.1 Å². The van der Waals surface area contributed by atoms with E-state index >= 15 is 0 Å². The third-order valence-corrected chi connectivity index (χ3v) is 3.66. The molecular formula is C14H22N2O4S. The average molecular weight is 314 g/mol. The number of benzene rings is 1. The zero-order valence-electron chi connectivity index (χ0n) is 12.6. The summed E-state index contributed by atoms with van der Waals surface area (Å²) in [6.45, 7) is 4.47. The predicted molar refractivity (Wildman–Crippen MR) is 86.4 cm³/mol. The fourth-order valence-electron chi connectivity index (χ4n) is 1.76. The van der Waals surface area contributed by atoms with E-state index in [1.165, 1.54) is 6.07 Å². The molecule has 0 aliphatic rings. The van der Waals surface area contributed by atoms with Crippen molar-refractivity contribution in [2.24, 2.45) is 0 Å². The predicted octanol–water partition coefficient (Wildman–Crippen LogP) is 2.91. The maximum Gasteiger partial charge on any atom is 0.311 e. The largest absolute Gasteiger partial charge is 0.487 e. The zero-order valence-corrected chi connectivity index (χ0v) is 13.4. The summed E-state index contributed by atoms with van der Waals surface area (Å²) < 4.78 is 5.42. The quantitative estimate of drug-likeness (QED) is 0.538. The molecule has 21 heavy (non-hydrogen) atoms. The number of hydrogen-bond donors (Lipinski definition) is 2. The van der Waals surface area contributed by atoms with Gasteiger partial charge in [0.1, 0.15) is 0 Å². The van der Waals surface area contributed by atoms with E-state index in [1.807, 2.05) is 13.2 Å². The number of nitro benzene ring substituents is 1. The van der Waals surface area contributed by atoms with Crippen LogP contribution in [0.3, 0.4) is 0 Å². The van der Waals surface area contributed by atoms with Gasteiger partial charge in [-0.2, -0.15) is 11.8 Å². The number of nitrogens with zero attached hydrogens (tertiary/aromatic N) is 1. The summed E-state index contributed by atoms with van der Waals surface area (Å²) in [5, 5.41) is 24.2. The van der Waals surface area contributed by atoms with E-state index in [2.05, 4.69) is 5.32 Å². The van der Waals surface area contributed by atoms with Crippen LogP contribution in [0.4, 0.5) is 11.4 Å². The van der Waals surface area contributed by atoms with E-state index in [9.17, 15) is 15.2 Å². The number of nitrogens with one attached hydrogen (secondary N) is 1. The van der Waals surface area contributed by atoms with Gasteiger partial charge in [-0.1, -0.05) is 6.92 Å². The van der Waals surface area contributed by atoms with Crippen LogP contribution in [-0.2, 0) is 0 Å². The van der Waals surface area contributed by atoms with Crippen molar-refractivity contribution in [2.45, 2.75) is 25.9 Å². The van der Waals surface area contributed by atoms with Crippen molar-refractivity contribution in [3.63, 3.8) is 0 Å². The Morgan fingerprint density at radius 3 is 2.81 bits per heavy atom. The van der Waals surface area contributed by atoms with Crippen molar-refractivity contribution in [1.29, 1.82) is 0 Å². The van der Waals surface area contributed by atoms with E-state index in [1.54, 1.807) is 30.8 Å². The molecule has 0 aliphatic carbocycles. The molecule has 6 nitrogen and oxygen atoms in total. The lowest BCUT2D eigenvalue weighted by Crippen LogP contribution is -2.36. The summed E-state index contributed by atoms with van der Waals surface area (Å²) in [5.74, 6) is 0.850. The second kappa shape index (κ2) is 8.09. The first-order valence-electron chi connectivity index (χ1n) is 6.76. The van der Waals surface area contributed by atoms with Crippen LogP contribution in [0.15, 0.2) is 18.2 Å². The second-order valence-corrected chi connectivity index (χ2v) is 5.94. The number of hydrogen-bond acceptors (Lipinski definition) is 6. The molecule has 0 spiro atoms. The molecule has 0 saturated heterocycles. The van der Waals surface area contributed by atoms with E-state index in [4.69, 9.17) is 4.74 Å². The first kappa shape index (κ1) is 17.6. The molecule has 0 amide bonds. The highest BCUT2D eigenvalue weighted by Crippen LogP contribution is 2.30. The minimum atomic E-state index is -0.842. The van der Waals surface area contributed by atoms with Crippen molar-refractivity contribution in [1.82, 2.24) is 0 Å². The molecule has 0 bridgehead atoms. The third kappa shape index (κ3) is 5.81. The van der Waals surface area contributed by atoms with Crippen LogP contribution in [0.2, 0.25) is 0 Å². The Morgan fingerprint density at radius 1 is 1.52 bits per heavy atom. The van der Waals surface area contributed by atoms with Crippen LogP contribution >= 0.6 is 11.8 Å². The number of thioether (sulfide) groups is 1. The van der Waals surface area contributed by atoms with Crippen molar-refractivity contribution in [3.05, 3.63) is 28.3 Å². The third-order valence-electron chi connectivity index (χ3n) is 2.75. The van der Waals surface area contributed by atoms with Gasteiger partial charge in [-0.25, -0.2) is 0 Å². The van der Waals surface area contributed by atoms with Gasteiger partial charge in [-0.15, -0.1) is 0 Å². The van der Waals surface area contributed by atoms with Crippen LogP contribution in [0.5, 0.6) is 5.75 Å². The first-order chi connectivity index (χ1) is 9.89. The Hall–Kier alpha value is -1.47. The van der Waals surface area contributed by atoms with Gasteiger partial charge in [0.25, 0.3) is 0 Å². The lowest BCUT2D eigenvalue weighted by atomic mass is 10.1. The van der Waals surface area contributed by atoms with Crippen molar-refractivity contribution in [2.75, 3.05) is 30.5 Å². The highest BCUT2D eigenvalue weighted by molar-refractivity contribution is 7.98. The van der Waals surface area contributed by atoms with Crippen LogP contribution in [-0.4, -0.2) is 40.8 Å². The topological polar surface area (TPSA) is 84.6 Å². The summed E-state index contributed by atoms with van der Waals surface area (Å²) in [7, 11) is 0. The monoisotopic (exact) mass is 314 g/mol. The number of nitro groups is 1. The maximum atomic E-state index is 11.0. The fourth-order valence-corrected chi connectivity index (χ4v) is 2.48. The Kier molecular flexibility index (Phi) is 6.77. The molecule has 0 fully saturated rings. The molecular weight excluding hydrogens is 292 g/mol. The van der Waals surface area contributed by atoms with E-state index in [0.717, 1.165) is 6.42 Å². The summed E-state index contributed by atoms with van der Waals surface area (Å²) in [6, 6.07) is 4.63. The molecule has 1 rings (SSSR count). The molecule has 118 valence electrons. The summed E-state index contributed by atoms with van der Waals surface area (Å²) >= 11 is 1.56. The van der Waals surface area contributed by atoms with Gasteiger partial charge in [-0.05, 0) is 25.7 Å². The molecule has 0 aliphatic heterocycles. The van der Waals surface area contributed by atoms with E-state index < -0.39 is 10.5 Å². The van der Waals surface area contributed by atoms with Gasteiger partial charge in [0.2, 0.25) is 0 Å². The van der Waals surface area contributed by atoms with Crippen LogP contribution in [0.1, 0.15) is 20.3 Å². The Labute approximate surface area is 129 Å². The Balaban J connectivity index is 2.82. The fraction of sp³-hybridized carbons (Fsp3) is 0.571. The molecule has 0 saturated carbocycles. The van der Waals surface area contributed by atoms with Crippen LogP contribution in [0.25, 0.3) is 0 Å². The smallest absolute Gasteiger partial charge is 0.311 e. The minimum absolute atomic E-state index is 0.0510. The number of anilines is 1. The summed E-state index contributed by atoms with van der Waals surface area (Å²) in [6.07, 6.45) is 2.70. The summed E-state index contributed by atoms with van der Waals surface area (Å²) in [4.78, 5) is 10.5. The SMILES string of the molecule is CCCOc1cc(NCC(C)(O)CSC)ccc1[N+](=O)[O-]. The lowest BCUT2D eigenvalue weighted by Gasteiger charge is -2.23. The first-order valence-corrected chi connectivity index (χ1v) is 8.15. The molecule has 2 N–H and O–H groups in total. The number of ether oxygens (including phenoxy) is 1. The highest BCUT2D eigenvalue weighted by atomic mass is 32.2. The van der Waals surface area contributed by atoms with Crippen molar-refractivity contribution < 1.29 is 14.8 Å². The molecule has 1 unspecified atom stereocenters. The normalized spacial score (nSPS) is 13.5. The van der Waals surface area contributed by atoms with Gasteiger partial charge < -0.3 is 15.2 Å². The van der Waals surface area contributed by atoms with Gasteiger partial charge in [0, 0.05) is 30.1 Å². The standard InChI is InChI=1S/C14H22N2O4S/c1-4-7-20-13-8-11(5-6-12(13)16(18)19)15-9-14(2,17)10-21-3/h5-6,8,15,17H,4,7,9-10H2,1-3H3. The molecule has 1 aromatic rings. The average Bonchev–Trinajstić information content (AvgIpc) is 2.42. The second-order valence-electron chi connectivity index (χ2n) is 5.07. The van der Waals surface area contributed by atoms with E-state index in [0.29, 0.717) is 24.6 Å². The molecule has 7 heteroatoms. The molecule has 0 aromatic heterocycles. The molecule has 0 radical (unpaired) electrons. The van der Waals surface area contributed by atoms with Gasteiger partial charge in [-0.3, -0.25) is 10.1 Å².